The lowest BCUT2D eigenvalue weighted by molar-refractivity contribution is 0.0938. The number of aryl methyl sites for hydroxylation is 2. The van der Waals surface area contributed by atoms with Gasteiger partial charge in [0.1, 0.15) is 0 Å². The standard InChI is InChI=1S/C15H22N2O/c1-9(2)5-12-8-16-14-11(4)6-10(3)7-13(14)15(18)17-12/h6-7,9,12,16H,5,8H2,1-4H3,(H,17,18). The van der Waals surface area contributed by atoms with Gasteiger partial charge in [-0.05, 0) is 43.4 Å². The average molecular weight is 246 g/mol. The highest BCUT2D eigenvalue weighted by molar-refractivity contribution is 6.01. The Hall–Kier alpha value is -1.51. The van der Waals surface area contributed by atoms with E-state index in [-0.39, 0.29) is 11.9 Å². The molecule has 0 radical (unpaired) electrons. The van der Waals surface area contributed by atoms with Crippen LogP contribution in [0.4, 0.5) is 5.69 Å². The third kappa shape index (κ3) is 2.66. The second-order valence-corrected chi connectivity index (χ2v) is 5.69. The number of rotatable bonds is 2. The number of nitrogens with one attached hydrogen (secondary N) is 2. The molecule has 2 N–H and O–H groups in total. The Morgan fingerprint density at radius 2 is 2.06 bits per heavy atom. The minimum absolute atomic E-state index is 0.0486. The predicted molar refractivity (Wildman–Crippen MR) is 75.1 cm³/mol. The summed E-state index contributed by atoms with van der Waals surface area (Å²) in [5.41, 5.74) is 4.04. The van der Waals surface area contributed by atoms with E-state index in [1.165, 1.54) is 0 Å². The fourth-order valence-electron chi connectivity index (χ4n) is 2.63. The fraction of sp³-hybridized carbons (Fsp3) is 0.533. The number of hydrogen-bond donors (Lipinski definition) is 2. The lowest BCUT2D eigenvalue weighted by Crippen LogP contribution is -2.38. The van der Waals surface area contributed by atoms with E-state index < -0.39 is 0 Å². The Morgan fingerprint density at radius 1 is 1.33 bits per heavy atom. The third-order valence-corrected chi connectivity index (χ3v) is 3.34. The van der Waals surface area contributed by atoms with Gasteiger partial charge < -0.3 is 10.6 Å². The van der Waals surface area contributed by atoms with Crippen LogP contribution in [0.3, 0.4) is 0 Å². The van der Waals surface area contributed by atoms with Crippen molar-refractivity contribution in [2.45, 2.75) is 40.2 Å². The summed E-state index contributed by atoms with van der Waals surface area (Å²) in [6.45, 7) is 9.24. The van der Waals surface area contributed by atoms with E-state index >= 15 is 0 Å². The summed E-state index contributed by atoms with van der Waals surface area (Å²) < 4.78 is 0. The van der Waals surface area contributed by atoms with Crippen LogP contribution in [-0.4, -0.2) is 18.5 Å². The first-order valence-electron chi connectivity index (χ1n) is 6.63. The van der Waals surface area contributed by atoms with Crippen molar-refractivity contribution in [2.75, 3.05) is 11.9 Å². The largest absolute Gasteiger partial charge is 0.382 e. The molecule has 0 saturated carbocycles. The predicted octanol–water partition coefficient (Wildman–Crippen LogP) is 2.87. The van der Waals surface area contributed by atoms with Gasteiger partial charge in [-0.2, -0.15) is 0 Å². The van der Waals surface area contributed by atoms with Gasteiger partial charge in [0.15, 0.2) is 0 Å². The lowest BCUT2D eigenvalue weighted by Gasteiger charge is -2.18. The van der Waals surface area contributed by atoms with Gasteiger partial charge in [-0.15, -0.1) is 0 Å². The van der Waals surface area contributed by atoms with Crippen molar-refractivity contribution < 1.29 is 4.79 Å². The molecule has 3 heteroatoms. The van der Waals surface area contributed by atoms with Crippen LogP contribution in [0.25, 0.3) is 0 Å². The molecule has 3 nitrogen and oxygen atoms in total. The summed E-state index contributed by atoms with van der Waals surface area (Å²) >= 11 is 0. The van der Waals surface area contributed by atoms with Crippen LogP contribution in [0.2, 0.25) is 0 Å². The molecular formula is C15H22N2O. The Morgan fingerprint density at radius 3 is 2.72 bits per heavy atom. The van der Waals surface area contributed by atoms with E-state index in [0.29, 0.717) is 5.92 Å². The molecule has 0 aromatic heterocycles. The summed E-state index contributed by atoms with van der Waals surface area (Å²) in [5, 5.41) is 6.54. The molecule has 1 aromatic carbocycles. The minimum atomic E-state index is 0.0486. The normalized spacial score (nSPS) is 18.9. The van der Waals surface area contributed by atoms with E-state index in [4.69, 9.17) is 0 Å². The van der Waals surface area contributed by atoms with Gasteiger partial charge in [-0.1, -0.05) is 19.9 Å². The SMILES string of the molecule is Cc1cc(C)c2c(c1)C(=O)NC(CC(C)C)CN2. The maximum Gasteiger partial charge on any atom is 0.253 e. The molecule has 0 saturated heterocycles. The van der Waals surface area contributed by atoms with Gasteiger partial charge in [0.05, 0.1) is 5.56 Å². The molecule has 1 heterocycles. The number of carbonyl (C=O) groups is 1. The van der Waals surface area contributed by atoms with Crippen molar-refractivity contribution in [3.05, 3.63) is 28.8 Å². The molecule has 0 fully saturated rings. The van der Waals surface area contributed by atoms with Crippen molar-refractivity contribution >= 4 is 11.6 Å². The van der Waals surface area contributed by atoms with Crippen LogP contribution in [-0.2, 0) is 0 Å². The van der Waals surface area contributed by atoms with Crippen molar-refractivity contribution in [1.82, 2.24) is 5.32 Å². The van der Waals surface area contributed by atoms with Crippen LogP contribution in [0.15, 0.2) is 12.1 Å². The molecule has 0 spiro atoms. The number of carbonyl (C=O) groups excluding carboxylic acids is 1. The molecule has 1 aromatic rings. The zero-order valence-electron chi connectivity index (χ0n) is 11.6. The van der Waals surface area contributed by atoms with Crippen molar-refractivity contribution in [3.63, 3.8) is 0 Å². The molecule has 1 amide bonds. The molecule has 0 bridgehead atoms. The van der Waals surface area contributed by atoms with Crippen LogP contribution in [0.1, 0.15) is 41.8 Å². The summed E-state index contributed by atoms with van der Waals surface area (Å²) in [6.07, 6.45) is 1.00. The van der Waals surface area contributed by atoms with Crippen LogP contribution >= 0.6 is 0 Å². The Balaban J connectivity index is 2.29. The highest BCUT2D eigenvalue weighted by atomic mass is 16.1. The monoisotopic (exact) mass is 246 g/mol. The first kappa shape index (κ1) is 12.9. The molecule has 18 heavy (non-hydrogen) atoms. The Kier molecular flexibility index (Phi) is 3.60. The van der Waals surface area contributed by atoms with E-state index in [0.717, 1.165) is 35.3 Å². The molecule has 98 valence electrons. The van der Waals surface area contributed by atoms with E-state index in [9.17, 15) is 4.79 Å². The van der Waals surface area contributed by atoms with Gasteiger partial charge in [-0.25, -0.2) is 0 Å². The first-order valence-corrected chi connectivity index (χ1v) is 6.63. The molecule has 2 rings (SSSR count). The molecule has 0 aliphatic carbocycles. The highest BCUT2D eigenvalue weighted by Crippen LogP contribution is 2.25. The molecular weight excluding hydrogens is 224 g/mol. The topological polar surface area (TPSA) is 41.1 Å². The van der Waals surface area contributed by atoms with Gasteiger partial charge in [0.2, 0.25) is 0 Å². The fourth-order valence-corrected chi connectivity index (χ4v) is 2.63. The lowest BCUT2D eigenvalue weighted by atomic mass is 10.0. The summed E-state index contributed by atoms with van der Waals surface area (Å²) in [6, 6.07) is 4.29. The third-order valence-electron chi connectivity index (χ3n) is 3.34. The molecule has 1 unspecified atom stereocenters. The molecule has 1 aliphatic heterocycles. The maximum atomic E-state index is 12.3. The summed E-state index contributed by atoms with van der Waals surface area (Å²) in [7, 11) is 0. The van der Waals surface area contributed by atoms with Gasteiger partial charge in [0, 0.05) is 18.3 Å². The van der Waals surface area contributed by atoms with Crippen molar-refractivity contribution in [3.8, 4) is 0 Å². The second-order valence-electron chi connectivity index (χ2n) is 5.69. The maximum absolute atomic E-state index is 12.3. The number of amides is 1. The van der Waals surface area contributed by atoms with E-state index in [1.807, 2.05) is 13.0 Å². The smallest absolute Gasteiger partial charge is 0.253 e. The zero-order chi connectivity index (χ0) is 13.3. The van der Waals surface area contributed by atoms with Crippen LogP contribution in [0, 0.1) is 19.8 Å². The van der Waals surface area contributed by atoms with Crippen molar-refractivity contribution in [2.24, 2.45) is 5.92 Å². The zero-order valence-corrected chi connectivity index (χ0v) is 11.6. The Labute approximate surface area is 109 Å². The molecule has 1 atom stereocenters. The van der Waals surface area contributed by atoms with Gasteiger partial charge >= 0.3 is 0 Å². The van der Waals surface area contributed by atoms with Gasteiger partial charge in [-0.3, -0.25) is 4.79 Å². The summed E-state index contributed by atoms with van der Waals surface area (Å²) in [5.74, 6) is 0.633. The van der Waals surface area contributed by atoms with E-state index in [1.54, 1.807) is 0 Å². The quantitative estimate of drug-likeness (QED) is 0.842. The Bertz CT molecular complexity index is 466. The second kappa shape index (κ2) is 5.01. The van der Waals surface area contributed by atoms with Gasteiger partial charge in [0.25, 0.3) is 5.91 Å². The van der Waals surface area contributed by atoms with Crippen LogP contribution < -0.4 is 10.6 Å². The van der Waals surface area contributed by atoms with Crippen LogP contribution in [0.5, 0.6) is 0 Å². The average Bonchev–Trinajstić information content (AvgIpc) is 2.38. The molecule has 1 aliphatic rings. The van der Waals surface area contributed by atoms with Crippen molar-refractivity contribution in [1.29, 1.82) is 0 Å². The number of anilines is 1. The first-order chi connectivity index (χ1) is 8.47. The number of fused-ring (bicyclic) bond motifs is 1. The van der Waals surface area contributed by atoms with E-state index in [2.05, 4.69) is 37.5 Å². The number of hydrogen-bond acceptors (Lipinski definition) is 2. The number of benzene rings is 1. The summed E-state index contributed by atoms with van der Waals surface area (Å²) in [4.78, 5) is 12.3. The highest BCUT2D eigenvalue weighted by Gasteiger charge is 2.23. The minimum Gasteiger partial charge on any atom is -0.382 e.